The second-order valence-corrected chi connectivity index (χ2v) is 4.39. The summed E-state index contributed by atoms with van der Waals surface area (Å²) in [5.74, 6) is 0.0726. The number of hydrogen-bond donors (Lipinski definition) is 1. The molecule has 88 valence electrons. The Balaban J connectivity index is 1.85. The first-order valence-corrected chi connectivity index (χ1v) is 5.84. The minimum Gasteiger partial charge on any atom is -0.302 e. The number of carbonyl (C=O) groups excluding carboxylic acids is 1. The van der Waals surface area contributed by atoms with Crippen LogP contribution in [0.2, 0.25) is 0 Å². The van der Waals surface area contributed by atoms with Gasteiger partial charge in [0.15, 0.2) is 0 Å². The summed E-state index contributed by atoms with van der Waals surface area (Å²) in [7, 11) is 2.07. The van der Waals surface area contributed by atoms with Crippen molar-refractivity contribution in [2.45, 2.75) is 12.8 Å². The topological polar surface area (TPSA) is 35.6 Å². The van der Waals surface area contributed by atoms with Crippen LogP contribution in [0.3, 0.4) is 0 Å². The molecular weight excluding hydrogens is 202 g/mol. The van der Waals surface area contributed by atoms with Gasteiger partial charge >= 0.3 is 0 Å². The van der Waals surface area contributed by atoms with Gasteiger partial charge in [-0.25, -0.2) is 5.01 Å². The zero-order chi connectivity index (χ0) is 11.4. The molecule has 2 aliphatic heterocycles. The van der Waals surface area contributed by atoms with E-state index in [1.165, 1.54) is 0 Å². The van der Waals surface area contributed by atoms with Gasteiger partial charge < -0.3 is 4.90 Å². The molecule has 1 amide bonds. The number of hydrazine groups is 1. The minimum atomic E-state index is 0.0726. The van der Waals surface area contributed by atoms with Gasteiger partial charge in [0.1, 0.15) is 0 Å². The van der Waals surface area contributed by atoms with E-state index >= 15 is 0 Å². The highest BCUT2D eigenvalue weighted by atomic mass is 16.2. The smallest absolute Gasteiger partial charge is 0.261 e. The Hall–Kier alpha value is -1.13. The van der Waals surface area contributed by atoms with Gasteiger partial charge in [0.05, 0.1) is 0 Å². The predicted octanol–water partition coefficient (Wildman–Crippen LogP) is 0.541. The van der Waals surface area contributed by atoms with Crippen molar-refractivity contribution in [3.05, 3.63) is 23.8 Å². The SMILES string of the molecule is CN1CC=C(C(=O)NN2CC=CCC2)CC1. The monoisotopic (exact) mass is 221 g/mol. The van der Waals surface area contributed by atoms with Crippen molar-refractivity contribution in [2.24, 2.45) is 0 Å². The summed E-state index contributed by atoms with van der Waals surface area (Å²) >= 11 is 0. The van der Waals surface area contributed by atoms with Crippen LogP contribution in [0.1, 0.15) is 12.8 Å². The highest BCUT2D eigenvalue weighted by molar-refractivity contribution is 5.93. The van der Waals surface area contributed by atoms with Crippen molar-refractivity contribution in [2.75, 3.05) is 33.2 Å². The molecule has 0 saturated carbocycles. The third kappa shape index (κ3) is 2.93. The van der Waals surface area contributed by atoms with E-state index < -0.39 is 0 Å². The van der Waals surface area contributed by atoms with Gasteiger partial charge in [0.2, 0.25) is 0 Å². The van der Waals surface area contributed by atoms with E-state index in [4.69, 9.17) is 0 Å². The summed E-state index contributed by atoms with van der Waals surface area (Å²) < 4.78 is 0. The largest absolute Gasteiger partial charge is 0.302 e. The Kier molecular flexibility index (Phi) is 3.74. The molecule has 0 unspecified atom stereocenters. The molecule has 0 spiro atoms. The summed E-state index contributed by atoms with van der Waals surface area (Å²) in [5.41, 5.74) is 3.88. The molecule has 0 aliphatic carbocycles. The van der Waals surface area contributed by atoms with Gasteiger partial charge in [-0.1, -0.05) is 18.2 Å². The maximum absolute atomic E-state index is 11.9. The van der Waals surface area contributed by atoms with Crippen molar-refractivity contribution in [3.8, 4) is 0 Å². The minimum absolute atomic E-state index is 0.0726. The molecule has 2 rings (SSSR count). The first-order valence-electron chi connectivity index (χ1n) is 5.84. The second-order valence-electron chi connectivity index (χ2n) is 4.39. The van der Waals surface area contributed by atoms with E-state index in [1.807, 2.05) is 11.1 Å². The number of rotatable bonds is 2. The lowest BCUT2D eigenvalue weighted by atomic mass is 10.1. The van der Waals surface area contributed by atoms with Gasteiger partial charge in [0, 0.05) is 31.8 Å². The first kappa shape index (κ1) is 11.4. The molecule has 0 atom stereocenters. The van der Waals surface area contributed by atoms with E-state index in [9.17, 15) is 4.79 Å². The highest BCUT2D eigenvalue weighted by Gasteiger charge is 2.16. The van der Waals surface area contributed by atoms with Crippen molar-refractivity contribution < 1.29 is 4.79 Å². The molecule has 2 heterocycles. The van der Waals surface area contributed by atoms with Gasteiger partial charge in [-0.05, 0) is 19.9 Å². The van der Waals surface area contributed by atoms with Crippen LogP contribution in [0.4, 0.5) is 0 Å². The standard InChI is InChI=1S/C12H19N3O/c1-14-9-5-11(6-10-14)12(16)13-15-7-3-2-4-8-15/h2-3,5H,4,6-10H2,1H3,(H,13,16). The first-order chi connectivity index (χ1) is 7.75. The number of amides is 1. The molecule has 16 heavy (non-hydrogen) atoms. The van der Waals surface area contributed by atoms with Crippen LogP contribution in [-0.4, -0.2) is 49.0 Å². The van der Waals surface area contributed by atoms with Gasteiger partial charge in [-0.3, -0.25) is 10.2 Å². The van der Waals surface area contributed by atoms with Gasteiger partial charge in [-0.2, -0.15) is 0 Å². The van der Waals surface area contributed by atoms with Crippen LogP contribution in [-0.2, 0) is 4.79 Å². The maximum atomic E-state index is 11.9. The summed E-state index contributed by atoms with van der Waals surface area (Å²) in [6, 6.07) is 0. The Morgan fingerprint density at radius 2 is 2.19 bits per heavy atom. The molecule has 0 aromatic rings. The number of carbonyl (C=O) groups is 1. The van der Waals surface area contributed by atoms with Crippen LogP contribution in [0.25, 0.3) is 0 Å². The molecule has 0 bridgehead atoms. The Labute approximate surface area is 96.6 Å². The quantitative estimate of drug-likeness (QED) is 0.691. The molecule has 0 fully saturated rings. The Morgan fingerprint density at radius 1 is 1.31 bits per heavy atom. The van der Waals surface area contributed by atoms with Crippen molar-refractivity contribution in [1.82, 2.24) is 15.3 Å². The highest BCUT2D eigenvalue weighted by Crippen LogP contribution is 2.09. The molecule has 4 heteroatoms. The zero-order valence-electron chi connectivity index (χ0n) is 9.78. The summed E-state index contributed by atoms with van der Waals surface area (Å²) in [6.07, 6.45) is 8.14. The lowest BCUT2D eigenvalue weighted by molar-refractivity contribution is -0.122. The van der Waals surface area contributed by atoms with Crippen LogP contribution in [0.15, 0.2) is 23.8 Å². The fourth-order valence-electron chi connectivity index (χ4n) is 1.94. The van der Waals surface area contributed by atoms with Gasteiger partial charge in [-0.15, -0.1) is 0 Å². The lowest BCUT2D eigenvalue weighted by Gasteiger charge is -2.26. The number of hydrogen-bond acceptors (Lipinski definition) is 3. The third-order valence-electron chi connectivity index (χ3n) is 3.02. The molecule has 0 radical (unpaired) electrons. The third-order valence-corrected chi connectivity index (χ3v) is 3.02. The summed E-state index contributed by atoms with van der Waals surface area (Å²) in [6.45, 7) is 3.58. The normalized spacial score (nSPS) is 22.9. The average molecular weight is 221 g/mol. The fourth-order valence-corrected chi connectivity index (χ4v) is 1.94. The van der Waals surface area contributed by atoms with Crippen molar-refractivity contribution in [1.29, 1.82) is 0 Å². The van der Waals surface area contributed by atoms with Crippen molar-refractivity contribution in [3.63, 3.8) is 0 Å². The van der Waals surface area contributed by atoms with Crippen molar-refractivity contribution >= 4 is 5.91 Å². The van der Waals surface area contributed by atoms with Crippen LogP contribution in [0, 0.1) is 0 Å². The molecule has 0 saturated heterocycles. The molecular formula is C12H19N3O. The van der Waals surface area contributed by atoms with E-state index in [2.05, 4.69) is 29.5 Å². The molecule has 0 aromatic heterocycles. The molecule has 1 N–H and O–H groups in total. The van der Waals surface area contributed by atoms with Gasteiger partial charge in [0.25, 0.3) is 5.91 Å². The van der Waals surface area contributed by atoms with Crippen LogP contribution < -0.4 is 5.43 Å². The average Bonchev–Trinajstić information content (AvgIpc) is 2.31. The predicted molar refractivity (Wildman–Crippen MR) is 63.7 cm³/mol. The molecule has 2 aliphatic rings. The van der Waals surface area contributed by atoms with E-state index in [1.54, 1.807) is 0 Å². The summed E-state index contributed by atoms with van der Waals surface area (Å²) in [4.78, 5) is 14.1. The van der Waals surface area contributed by atoms with Crippen LogP contribution >= 0.6 is 0 Å². The molecule has 0 aromatic carbocycles. The lowest BCUT2D eigenvalue weighted by Crippen LogP contribution is -2.45. The van der Waals surface area contributed by atoms with E-state index in [0.717, 1.165) is 44.6 Å². The number of nitrogens with zero attached hydrogens (tertiary/aromatic N) is 2. The summed E-state index contributed by atoms with van der Waals surface area (Å²) in [5, 5.41) is 1.97. The molecule has 4 nitrogen and oxygen atoms in total. The second kappa shape index (κ2) is 5.27. The van der Waals surface area contributed by atoms with E-state index in [0.29, 0.717) is 0 Å². The van der Waals surface area contributed by atoms with Crippen LogP contribution in [0.5, 0.6) is 0 Å². The zero-order valence-corrected chi connectivity index (χ0v) is 9.78. The Morgan fingerprint density at radius 3 is 2.81 bits per heavy atom. The number of nitrogens with one attached hydrogen (secondary N) is 1. The Bertz CT molecular complexity index is 322. The van der Waals surface area contributed by atoms with E-state index in [-0.39, 0.29) is 5.91 Å². The fraction of sp³-hybridized carbons (Fsp3) is 0.583. The maximum Gasteiger partial charge on any atom is 0.261 e. The number of likely N-dealkylation sites (N-methyl/N-ethyl adjacent to an activating group) is 1.